The van der Waals surface area contributed by atoms with Crippen molar-refractivity contribution in [2.45, 2.75) is 33.2 Å². The number of rotatable bonds is 7. The first kappa shape index (κ1) is 19.0. The number of aliphatic hydroxyl groups is 1. The lowest BCUT2D eigenvalue weighted by Gasteiger charge is -2.21. The molecule has 0 spiro atoms. The third-order valence-corrected chi connectivity index (χ3v) is 3.23. The maximum Gasteiger partial charge on any atom is 0.251 e. The number of aliphatic hydroxyl groups excluding tert-OH is 1. The van der Waals surface area contributed by atoms with Crippen molar-refractivity contribution in [2.24, 2.45) is 5.41 Å². The second-order valence-electron chi connectivity index (χ2n) is 6.31. The van der Waals surface area contributed by atoms with E-state index in [1.54, 1.807) is 20.8 Å². The van der Waals surface area contributed by atoms with E-state index in [0.717, 1.165) is 12.1 Å². The summed E-state index contributed by atoms with van der Waals surface area (Å²) < 4.78 is 25.9. The summed E-state index contributed by atoms with van der Waals surface area (Å²) in [7, 11) is 0. The van der Waals surface area contributed by atoms with Crippen molar-refractivity contribution in [3.63, 3.8) is 0 Å². The molecular formula is C16H22F2N2O3. The fourth-order valence-corrected chi connectivity index (χ4v) is 1.82. The first-order valence-electron chi connectivity index (χ1n) is 7.28. The second kappa shape index (κ2) is 8.01. The van der Waals surface area contributed by atoms with Gasteiger partial charge in [0, 0.05) is 31.2 Å². The Hall–Kier alpha value is -2.02. The minimum Gasteiger partial charge on any atom is -0.396 e. The maximum atomic E-state index is 13.1. The average Bonchev–Trinajstić information content (AvgIpc) is 2.47. The van der Waals surface area contributed by atoms with Crippen LogP contribution in [0.4, 0.5) is 8.78 Å². The van der Waals surface area contributed by atoms with Crippen LogP contribution in [0.1, 0.15) is 37.6 Å². The maximum absolute atomic E-state index is 13.1. The normalized spacial score (nSPS) is 12.6. The number of carbonyl (C=O) groups is 2. The van der Waals surface area contributed by atoms with Crippen LogP contribution in [0, 0.1) is 17.0 Å². The average molecular weight is 328 g/mol. The zero-order valence-corrected chi connectivity index (χ0v) is 13.5. The Morgan fingerprint density at radius 2 is 1.91 bits per heavy atom. The van der Waals surface area contributed by atoms with Crippen molar-refractivity contribution in [3.8, 4) is 0 Å². The lowest BCUT2D eigenvalue weighted by molar-refractivity contribution is -0.123. The fraction of sp³-hybridized carbons (Fsp3) is 0.500. The molecule has 23 heavy (non-hydrogen) atoms. The first-order valence-corrected chi connectivity index (χ1v) is 7.28. The van der Waals surface area contributed by atoms with Gasteiger partial charge in [0.2, 0.25) is 5.91 Å². The van der Waals surface area contributed by atoms with Crippen molar-refractivity contribution in [2.75, 3.05) is 13.2 Å². The zero-order valence-electron chi connectivity index (χ0n) is 13.5. The van der Waals surface area contributed by atoms with E-state index in [2.05, 4.69) is 10.6 Å². The first-order chi connectivity index (χ1) is 10.6. The monoisotopic (exact) mass is 328 g/mol. The molecule has 0 fully saturated rings. The zero-order chi connectivity index (χ0) is 17.6. The molecule has 1 rings (SSSR count). The van der Waals surface area contributed by atoms with Gasteiger partial charge >= 0.3 is 0 Å². The molecule has 1 aromatic carbocycles. The highest BCUT2D eigenvalue weighted by Gasteiger charge is 2.21. The Morgan fingerprint density at radius 1 is 1.26 bits per heavy atom. The summed E-state index contributed by atoms with van der Waals surface area (Å²) in [5.41, 5.74) is -0.508. The van der Waals surface area contributed by atoms with E-state index in [-0.39, 0.29) is 31.0 Å². The molecule has 0 unspecified atom stereocenters. The number of amides is 2. The number of hydrogen-bond donors (Lipinski definition) is 3. The van der Waals surface area contributed by atoms with Crippen LogP contribution in [0.2, 0.25) is 0 Å². The predicted octanol–water partition coefficient (Wildman–Crippen LogP) is 1.61. The number of benzene rings is 1. The number of nitrogens with one attached hydrogen (secondary N) is 2. The molecule has 0 aromatic heterocycles. The van der Waals surface area contributed by atoms with Gasteiger partial charge in [0.1, 0.15) is 0 Å². The SMILES string of the molecule is C[C@@H](CNC(=O)CC(C)(C)CO)NC(=O)c1ccc(F)c(F)c1. The van der Waals surface area contributed by atoms with Crippen LogP contribution in [-0.4, -0.2) is 36.1 Å². The van der Waals surface area contributed by atoms with Gasteiger partial charge in [0.05, 0.1) is 0 Å². The van der Waals surface area contributed by atoms with Crippen LogP contribution in [0.15, 0.2) is 18.2 Å². The molecule has 1 atom stereocenters. The van der Waals surface area contributed by atoms with Crippen LogP contribution in [-0.2, 0) is 4.79 Å². The van der Waals surface area contributed by atoms with Gasteiger partial charge in [-0.2, -0.15) is 0 Å². The van der Waals surface area contributed by atoms with E-state index in [4.69, 9.17) is 5.11 Å². The van der Waals surface area contributed by atoms with Crippen LogP contribution >= 0.6 is 0 Å². The number of hydrogen-bond acceptors (Lipinski definition) is 3. The van der Waals surface area contributed by atoms with Crippen LogP contribution in [0.5, 0.6) is 0 Å². The molecule has 2 amide bonds. The molecule has 7 heteroatoms. The Labute approximate surface area is 134 Å². The highest BCUT2D eigenvalue weighted by molar-refractivity contribution is 5.94. The molecule has 0 saturated carbocycles. The molecule has 3 N–H and O–H groups in total. The Morgan fingerprint density at radius 3 is 2.48 bits per heavy atom. The van der Waals surface area contributed by atoms with Gasteiger partial charge < -0.3 is 15.7 Å². The van der Waals surface area contributed by atoms with Gasteiger partial charge in [-0.15, -0.1) is 0 Å². The minimum atomic E-state index is -1.09. The molecule has 0 radical (unpaired) electrons. The van der Waals surface area contributed by atoms with Crippen LogP contribution < -0.4 is 10.6 Å². The Balaban J connectivity index is 2.47. The lowest BCUT2D eigenvalue weighted by atomic mass is 9.90. The van der Waals surface area contributed by atoms with Crippen molar-refractivity contribution >= 4 is 11.8 Å². The molecule has 0 aliphatic rings. The van der Waals surface area contributed by atoms with E-state index in [9.17, 15) is 18.4 Å². The van der Waals surface area contributed by atoms with E-state index in [0.29, 0.717) is 0 Å². The van der Waals surface area contributed by atoms with Crippen molar-refractivity contribution in [3.05, 3.63) is 35.4 Å². The molecule has 0 bridgehead atoms. The highest BCUT2D eigenvalue weighted by atomic mass is 19.2. The van der Waals surface area contributed by atoms with Crippen molar-refractivity contribution < 1.29 is 23.5 Å². The summed E-state index contributed by atoms with van der Waals surface area (Å²) in [6.45, 7) is 5.29. The van der Waals surface area contributed by atoms with Crippen LogP contribution in [0.25, 0.3) is 0 Å². The quantitative estimate of drug-likeness (QED) is 0.711. The summed E-state index contributed by atoms with van der Waals surface area (Å²) in [6.07, 6.45) is 0.160. The molecule has 0 aliphatic carbocycles. The van der Waals surface area contributed by atoms with Crippen LogP contribution in [0.3, 0.4) is 0 Å². The largest absolute Gasteiger partial charge is 0.396 e. The van der Waals surface area contributed by atoms with Gasteiger partial charge in [0.25, 0.3) is 5.91 Å². The summed E-state index contributed by atoms with van der Waals surface area (Å²) in [5.74, 6) is -2.91. The van der Waals surface area contributed by atoms with Gasteiger partial charge in [-0.05, 0) is 30.5 Å². The topological polar surface area (TPSA) is 78.4 Å². The molecule has 0 heterocycles. The molecule has 0 saturated heterocycles. The predicted molar refractivity (Wildman–Crippen MR) is 81.8 cm³/mol. The second-order valence-corrected chi connectivity index (χ2v) is 6.31. The molecular weight excluding hydrogens is 306 g/mol. The molecule has 1 aromatic rings. The molecule has 5 nitrogen and oxygen atoms in total. The van der Waals surface area contributed by atoms with Gasteiger partial charge in [-0.25, -0.2) is 8.78 Å². The van der Waals surface area contributed by atoms with E-state index < -0.39 is 29.0 Å². The third-order valence-electron chi connectivity index (χ3n) is 3.23. The van der Waals surface area contributed by atoms with Gasteiger partial charge in [-0.3, -0.25) is 9.59 Å². The summed E-state index contributed by atoms with van der Waals surface area (Å²) in [5, 5.41) is 14.3. The van der Waals surface area contributed by atoms with Crippen molar-refractivity contribution in [1.29, 1.82) is 0 Å². The number of halogens is 2. The van der Waals surface area contributed by atoms with E-state index >= 15 is 0 Å². The third kappa shape index (κ3) is 6.32. The Kier molecular flexibility index (Phi) is 6.62. The summed E-state index contributed by atoms with van der Waals surface area (Å²) in [4.78, 5) is 23.6. The highest BCUT2D eigenvalue weighted by Crippen LogP contribution is 2.18. The summed E-state index contributed by atoms with van der Waals surface area (Å²) >= 11 is 0. The van der Waals surface area contributed by atoms with Gasteiger partial charge in [0.15, 0.2) is 11.6 Å². The standard InChI is InChI=1S/C16H22F2N2O3/c1-10(8-19-14(22)7-16(2,3)9-21)20-15(23)11-4-5-12(17)13(18)6-11/h4-6,10,21H,7-9H2,1-3H3,(H,19,22)(H,20,23)/t10-/m0/s1. The van der Waals surface area contributed by atoms with Gasteiger partial charge in [-0.1, -0.05) is 13.8 Å². The van der Waals surface area contributed by atoms with E-state index in [1.165, 1.54) is 6.07 Å². The number of carbonyl (C=O) groups excluding carboxylic acids is 2. The summed E-state index contributed by atoms with van der Waals surface area (Å²) in [6, 6.07) is 2.49. The smallest absolute Gasteiger partial charge is 0.251 e. The molecule has 0 aliphatic heterocycles. The lowest BCUT2D eigenvalue weighted by Crippen LogP contribution is -2.42. The van der Waals surface area contributed by atoms with Crippen molar-refractivity contribution in [1.82, 2.24) is 10.6 Å². The molecule has 128 valence electrons. The Bertz CT molecular complexity index is 576. The fourth-order valence-electron chi connectivity index (χ4n) is 1.82. The minimum absolute atomic E-state index is 0.00323. The van der Waals surface area contributed by atoms with E-state index in [1.807, 2.05) is 0 Å².